The fraction of sp³-hybridized carbons (Fsp3) is 0.167. The molecule has 0 atom stereocenters. The molecule has 0 unspecified atom stereocenters. The van der Waals surface area contributed by atoms with E-state index in [1.165, 1.54) is 6.07 Å². The molecule has 1 aromatic heterocycles. The van der Waals surface area contributed by atoms with E-state index >= 15 is 0 Å². The van der Waals surface area contributed by atoms with Crippen LogP contribution in [0.3, 0.4) is 0 Å². The maximum atomic E-state index is 13.6. The maximum Gasteiger partial charge on any atom is 0.191 e. The zero-order valence-corrected chi connectivity index (χ0v) is 15.6. The van der Waals surface area contributed by atoms with Crippen molar-refractivity contribution in [2.24, 2.45) is 4.99 Å². The lowest BCUT2D eigenvalue weighted by Crippen LogP contribution is -2.36. The number of hydrogen-bond acceptors (Lipinski definition) is 2. The third kappa shape index (κ3) is 4.47. The van der Waals surface area contributed by atoms with Crippen LogP contribution in [0.4, 0.5) is 4.39 Å². The van der Waals surface area contributed by atoms with Gasteiger partial charge in [-0.3, -0.25) is 4.99 Å². The Hall–Kier alpha value is -2.09. The summed E-state index contributed by atoms with van der Waals surface area (Å²) in [5.74, 6) is 1.18. The minimum Gasteiger partial charge on any atom is -0.459 e. The van der Waals surface area contributed by atoms with Crippen LogP contribution < -0.4 is 10.6 Å². The highest BCUT2D eigenvalue weighted by atomic mass is 127. The fourth-order valence-corrected chi connectivity index (χ4v) is 2.34. The number of guanidine groups is 1. The third-order valence-corrected chi connectivity index (χ3v) is 3.53. The predicted octanol–water partition coefficient (Wildman–Crippen LogP) is 4.06. The lowest BCUT2D eigenvalue weighted by Gasteiger charge is -2.11. The quantitative estimate of drug-likeness (QED) is 0.367. The number of para-hydroxylation sites is 1. The van der Waals surface area contributed by atoms with Crippen molar-refractivity contribution in [1.82, 2.24) is 10.6 Å². The molecular formula is C18H19FIN3O. The Morgan fingerprint density at radius 3 is 2.50 bits per heavy atom. The zero-order chi connectivity index (χ0) is 16.1. The van der Waals surface area contributed by atoms with Gasteiger partial charge in [0, 0.05) is 24.5 Å². The Labute approximate surface area is 157 Å². The van der Waals surface area contributed by atoms with Gasteiger partial charge in [-0.1, -0.05) is 36.4 Å². The Morgan fingerprint density at radius 2 is 1.75 bits per heavy atom. The van der Waals surface area contributed by atoms with E-state index in [1.54, 1.807) is 19.2 Å². The van der Waals surface area contributed by atoms with Crippen LogP contribution in [0.1, 0.15) is 11.3 Å². The van der Waals surface area contributed by atoms with Crippen LogP contribution in [0.25, 0.3) is 11.0 Å². The first-order valence-corrected chi connectivity index (χ1v) is 7.41. The molecule has 126 valence electrons. The van der Waals surface area contributed by atoms with E-state index < -0.39 is 0 Å². The van der Waals surface area contributed by atoms with Crippen LogP contribution in [-0.2, 0) is 13.1 Å². The molecule has 4 nitrogen and oxygen atoms in total. The van der Waals surface area contributed by atoms with E-state index in [1.807, 2.05) is 36.4 Å². The highest BCUT2D eigenvalue weighted by molar-refractivity contribution is 14.0. The van der Waals surface area contributed by atoms with Crippen LogP contribution >= 0.6 is 24.0 Å². The number of aliphatic imine (C=N–C) groups is 1. The van der Waals surface area contributed by atoms with Gasteiger partial charge in [0.1, 0.15) is 17.2 Å². The molecule has 0 saturated carbocycles. The lowest BCUT2D eigenvalue weighted by molar-refractivity contribution is 0.538. The number of nitrogens with one attached hydrogen (secondary N) is 2. The Morgan fingerprint density at radius 1 is 1.04 bits per heavy atom. The number of halogens is 2. The first kappa shape index (κ1) is 18.3. The van der Waals surface area contributed by atoms with E-state index in [0.717, 1.165) is 16.7 Å². The highest BCUT2D eigenvalue weighted by Gasteiger charge is 2.05. The summed E-state index contributed by atoms with van der Waals surface area (Å²) in [6.07, 6.45) is 0. The van der Waals surface area contributed by atoms with E-state index in [0.29, 0.717) is 24.6 Å². The van der Waals surface area contributed by atoms with Gasteiger partial charge in [0.25, 0.3) is 0 Å². The second kappa shape index (κ2) is 8.68. The molecule has 0 radical (unpaired) electrons. The van der Waals surface area contributed by atoms with Crippen molar-refractivity contribution in [1.29, 1.82) is 0 Å². The summed E-state index contributed by atoms with van der Waals surface area (Å²) >= 11 is 0. The van der Waals surface area contributed by atoms with Crippen molar-refractivity contribution < 1.29 is 8.81 Å². The van der Waals surface area contributed by atoms with Gasteiger partial charge in [-0.25, -0.2) is 4.39 Å². The standard InChI is InChI=1S/C18H18FN3O.HI/c1-20-18(21-11-14-7-2-4-8-16(14)19)22-12-15-10-13-6-3-5-9-17(13)23-15;/h2-10H,11-12H2,1H3,(H2,20,21,22);1H. The van der Waals surface area contributed by atoms with Gasteiger partial charge in [0.2, 0.25) is 0 Å². The third-order valence-electron chi connectivity index (χ3n) is 3.53. The first-order chi connectivity index (χ1) is 11.3. The van der Waals surface area contributed by atoms with Gasteiger partial charge in [-0.15, -0.1) is 24.0 Å². The average Bonchev–Trinajstić information content (AvgIpc) is 2.99. The predicted molar refractivity (Wildman–Crippen MR) is 105 cm³/mol. The van der Waals surface area contributed by atoms with Crippen LogP contribution in [0.5, 0.6) is 0 Å². The molecule has 0 aliphatic heterocycles. The molecule has 2 aromatic carbocycles. The number of hydrogen-bond donors (Lipinski definition) is 2. The van der Waals surface area contributed by atoms with Gasteiger partial charge in [0.15, 0.2) is 5.96 Å². The summed E-state index contributed by atoms with van der Waals surface area (Å²) in [7, 11) is 1.68. The van der Waals surface area contributed by atoms with Gasteiger partial charge in [-0.05, 0) is 18.2 Å². The normalized spacial score (nSPS) is 11.2. The second-order valence-electron chi connectivity index (χ2n) is 5.12. The van der Waals surface area contributed by atoms with Crippen LogP contribution in [0.2, 0.25) is 0 Å². The molecule has 0 aliphatic carbocycles. The Bertz CT molecular complexity index is 799. The van der Waals surface area contributed by atoms with E-state index in [4.69, 9.17) is 4.42 Å². The SMILES string of the molecule is CN=C(NCc1cc2ccccc2o1)NCc1ccccc1F.I. The summed E-state index contributed by atoms with van der Waals surface area (Å²) in [5, 5.41) is 7.31. The Kier molecular flexibility index (Phi) is 6.60. The van der Waals surface area contributed by atoms with Crippen molar-refractivity contribution in [2.75, 3.05) is 7.05 Å². The van der Waals surface area contributed by atoms with Crippen LogP contribution in [0, 0.1) is 5.82 Å². The maximum absolute atomic E-state index is 13.6. The first-order valence-electron chi connectivity index (χ1n) is 7.41. The summed E-state index contributed by atoms with van der Waals surface area (Å²) < 4.78 is 19.3. The molecule has 0 amide bonds. The highest BCUT2D eigenvalue weighted by Crippen LogP contribution is 2.18. The number of rotatable bonds is 4. The topological polar surface area (TPSA) is 49.6 Å². The number of benzene rings is 2. The molecule has 1 heterocycles. The van der Waals surface area contributed by atoms with Crippen LogP contribution in [0.15, 0.2) is 64.0 Å². The van der Waals surface area contributed by atoms with E-state index in [9.17, 15) is 4.39 Å². The largest absolute Gasteiger partial charge is 0.459 e. The minimum absolute atomic E-state index is 0. The molecular weight excluding hydrogens is 420 g/mol. The molecule has 0 spiro atoms. The Balaban J connectivity index is 0.00000208. The molecule has 6 heteroatoms. The van der Waals surface area contributed by atoms with Crippen LogP contribution in [-0.4, -0.2) is 13.0 Å². The van der Waals surface area contributed by atoms with Crippen molar-refractivity contribution in [2.45, 2.75) is 13.1 Å². The minimum atomic E-state index is -0.229. The molecule has 0 fully saturated rings. The monoisotopic (exact) mass is 439 g/mol. The summed E-state index contributed by atoms with van der Waals surface area (Å²) in [6, 6.07) is 16.5. The van der Waals surface area contributed by atoms with Crippen molar-refractivity contribution in [3.8, 4) is 0 Å². The van der Waals surface area contributed by atoms with E-state index in [2.05, 4.69) is 15.6 Å². The average molecular weight is 439 g/mol. The summed E-state index contributed by atoms with van der Waals surface area (Å²) in [5.41, 5.74) is 1.46. The van der Waals surface area contributed by atoms with Crippen molar-refractivity contribution >= 4 is 40.9 Å². The summed E-state index contributed by atoms with van der Waals surface area (Å²) in [6.45, 7) is 0.873. The number of nitrogens with zero attached hydrogens (tertiary/aromatic N) is 1. The molecule has 0 saturated heterocycles. The lowest BCUT2D eigenvalue weighted by atomic mass is 10.2. The van der Waals surface area contributed by atoms with Crippen molar-refractivity contribution in [3.05, 3.63) is 71.7 Å². The molecule has 3 rings (SSSR count). The number of furan rings is 1. The molecule has 0 aliphatic rings. The molecule has 3 aromatic rings. The van der Waals surface area contributed by atoms with E-state index in [-0.39, 0.29) is 29.8 Å². The zero-order valence-electron chi connectivity index (χ0n) is 13.3. The van der Waals surface area contributed by atoms with Crippen molar-refractivity contribution in [3.63, 3.8) is 0 Å². The molecule has 2 N–H and O–H groups in total. The van der Waals surface area contributed by atoms with Gasteiger partial charge in [0.05, 0.1) is 6.54 Å². The molecule has 24 heavy (non-hydrogen) atoms. The fourth-order valence-electron chi connectivity index (χ4n) is 2.34. The molecule has 0 bridgehead atoms. The second-order valence-corrected chi connectivity index (χ2v) is 5.12. The number of fused-ring (bicyclic) bond motifs is 1. The summed E-state index contributed by atoms with van der Waals surface area (Å²) in [4.78, 5) is 4.13. The van der Waals surface area contributed by atoms with Gasteiger partial charge in [-0.2, -0.15) is 0 Å². The van der Waals surface area contributed by atoms with Gasteiger partial charge >= 0.3 is 0 Å². The van der Waals surface area contributed by atoms with Gasteiger partial charge < -0.3 is 15.1 Å². The smallest absolute Gasteiger partial charge is 0.191 e.